The van der Waals surface area contributed by atoms with E-state index in [-0.39, 0.29) is 18.0 Å². The fourth-order valence-corrected chi connectivity index (χ4v) is 2.63. The van der Waals surface area contributed by atoms with Crippen LogP contribution in [0, 0.1) is 10.1 Å². The predicted molar refractivity (Wildman–Crippen MR) is 97.1 cm³/mol. The molecule has 0 aliphatic carbocycles. The van der Waals surface area contributed by atoms with Crippen molar-refractivity contribution in [1.29, 1.82) is 0 Å². The van der Waals surface area contributed by atoms with E-state index in [1.807, 2.05) is 36.5 Å². The summed E-state index contributed by atoms with van der Waals surface area (Å²) in [5.41, 5.74) is 2.35. The molecule has 0 saturated carbocycles. The second-order valence-corrected chi connectivity index (χ2v) is 5.79. The minimum Gasteiger partial charge on any atom is -0.355 e. The number of nitro benzene ring substituents is 1. The molecular weight excluding hydrogens is 332 g/mol. The van der Waals surface area contributed by atoms with Crippen molar-refractivity contribution in [2.75, 3.05) is 6.54 Å². The molecule has 0 saturated heterocycles. The number of nitrogens with one attached hydrogen (secondary N) is 1. The van der Waals surface area contributed by atoms with E-state index in [0.717, 1.165) is 11.3 Å². The summed E-state index contributed by atoms with van der Waals surface area (Å²) in [6, 6.07) is 16.0. The highest BCUT2D eigenvalue weighted by Gasteiger charge is 2.15. The first kappa shape index (κ1) is 17.3. The third-order valence-electron chi connectivity index (χ3n) is 3.93. The molecule has 0 spiro atoms. The normalized spacial score (nSPS) is 10.5. The van der Waals surface area contributed by atoms with Gasteiger partial charge in [-0.1, -0.05) is 36.4 Å². The number of para-hydroxylation sites is 2. The third kappa shape index (κ3) is 4.32. The van der Waals surface area contributed by atoms with E-state index >= 15 is 0 Å². The third-order valence-corrected chi connectivity index (χ3v) is 3.93. The zero-order valence-electron chi connectivity index (χ0n) is 14.0. The summed E-state index contributed by atoms with van der Waals surface area (Å²) in [5, 5.41) is 18.1. The van der Waals surface area contributed by atoms with E-state index in [9.17, 15) is 14.9 Å². The maximum Gasteiger partial charge on any atom is 0.273 e. The molecule has 0 fully saturated rings. The highest BCUT2D eigenvalue weighted by molar-refractivity contribution is 5.79. The second-order valence-electron chi connectivity index (χ2n) is 5.79. The van der Waals surface area contributed by atoms with Crippen LogP contribution in [0.3, 0.4) is 0 Å². The average Bonchev–Trinajstić information content (AvgIpc) is 3.11. The highest BCUT2D eigenvalue weighted by Crippen LogP contribution is 2.17. The van der Waals surface area contributed by atoms with Crippen LogP contribution in [-0.2, 0) is 17.6 Å². The van der Waals surface area contributed by atoms with Crippen molar-refractivity contribution >= 4 is 11.6 Å². The summed E-state index contributed by atoms with van der Waals surface area (Å²) in [4.78, 5) is 22.6. The summed E-state index contributed by atoms with van der Waals surface area (Å²) in [7, 11) is 0. The Hall–Kier alpha value is -3.48. The first-order chi connectivity index (χ1) is 12.6. The van der Waals surface area contributed by atoms with Crippen molar-refractivity contribution in [1.82, 2.24) is 15.1 Å². The number of hydrogen-bond donors (Lipinski definition) is 1. The smallest absolute Gasteiger partial charge is 0.273 e. The maximum atomic E-state index is 12.0. The molecule has 7 nitrogen and oxygen atoms in total. The minimum absolute atomic E-state index is 0.0135. The zero-order chi connectivity index (χ0) is 18.4. The molecule has 0 atom stereocenters. The molecule has 7 heteroatoms. The number of hydrogen-bond acceptors (Lipinski definition) is 4. The molecule has 0 aliphatic heterocycles. The summed E-state index contributed by atoms with van der Waals surface area (Å²) in [6.45, 7) is 0.444. The van der Waals surface area contributed by atoms with Crippen LogP contribution in [0.15, 0.2) is 67.0 Å². The van der Waals surface area contributed by atoms with Crippen molar-refractivity contribution in [3.8, 4) is 5.69 Å². The predicted octanol–water partition coefficient (Wildman–Crippen LogP) is 2.68. The van der Waals surface area contributed by atoms with Crippen LogP contribution in [0.4, 0.5) is 5.69 Å². The second kappa shape index (κ2) is 8.06. The van der Waals surface area contributed by atoms with Crippen molar-refractivity contribution in [3.63, 3.8) is 0 Å². The Labute approximate surface area is 150 Å². The van der Waals surface area contributed by atoms with Crippen LogP contribution in [0.2, 0.25) is 0 Å². The Balaban J connectivity index is 1.52. The van der Waals surface area contributed by atoms with Gasteiger partial charge in [0.2, 0.25) is 5.91 Å². The molecule has 3 aromatic rings. The zero-order valence-corrected chi connectivity index (χ0v) is 14.0. The Kier molecular flexibility index (Phi) is 5.38. The van der Waals surface area contributed by atoms with Gasteiger partial charge in [0.1, 0.15) is 0 Å². The van der Waals surface area contributed by atoms with Crippen LogP contribution >= 0.6 is 0 Å². The van der Waals surface area contributed by atoms with Gasteiger partial charge in [-0.3, -0.25) is 14.9 Å². The lowest BCUT2D eigenvalue weighted by Crippen LogP contribution is -2.27. The number of nitro groups is 1. The number of benzene rings is 2. The number of aromatic nitrogens is 2. The molecule has 0 bridgehead atoms. The summed E-state index contributed by atoms with van der Waals surface area (Å²) >= 11 is 0. The van der Waals surface area contributed by atoms with E-state index < -0.39 is 4.92 Å². The summed E-state index contributed by atoms with van der Waals surface area (Å²) in [5.74, 6) is -0.241. The van der Waals surface area contributed by atoms with Gasteiger partial charge < -0.3 is 5.32 Å². The SMILES string of the molecule is O=C(Cc1ccccc1[N+](=O)[O-])NCCc1cnn(-c2ccccc2)c1. The molecule has 3 rings (SSSR count). The van der Waals surface area contributed by atoms with E-state index in [1.54, 1.807) is 29.1 Å². The standard InChI is InChI=1S/C19H18N4O3/c24-19(12-16-6-4-5-9-18(16)23(25)26)20-11-10-15-13-21-22(14-15)17-7-2-1-3-8-17/h1-9,13-14H,10-12H2,(H,20,24). The Morgan fingerprint density at radius 2 is 1.85 bits per heavy atom. The van der Waals surface area contributed by atoms with Crippen molar-refractivity contribution in [2.24, 2.45) is 0 Å². The molecule has 1 amide bonds. The average molecular weight is 350 g/mol. The molecule has 132 valence electrons. The molecular formula is C19H18N4O3. The van der Waals surface area contributed by atoms with Crippen LogP contribution in [0.5, 0.6) is 0 Å². The largest absolute Gasteiger partial charge is 0.355 e. The lowest BCUT2D eigenvalue weighted by atomic mass is 10.1. The van der Waals surface area contributed by atoms with Crippen LogP contribution < -0.4 is 5.32 Å². The number of rotatable bonds is 7. The van der Waals surface area contributed by atoms with Crippen LogP contribution in [-0.4, -0.2) is 27.2 Å². The number of carbonyl (C=O) groups excluding carboxylic acids is 1. The lowest BCUT2D eigenvalue weighted by Gasteiger charge is -2.05. The van der Waals surface area contributed by atoms with E-state index in [1.165, 1.54) is 6.07 Å². The fourth-order valence-electron chi connectivity index (χ4n) is 2.63. The fraction of sp³-hybridized carbons (Fsp3) is 0.158. The molecule has 1 heterocycles. The topological polar surface area (TPSA) is 90.1 Å². The van der Waals surface area contributed by atoms with E-state index in [0.29, 0.717) is 18.5 Å². The quantitative estimate of drug-likeness (QED) is 0.524. The van der Waals surface area contributed by atoms with Gasteiger partial charge in [0.25, 0.3) is 5.69 Å². The Bertz CT molecular complexity index is 906. The van der Waals surface area contributed by atoms with Crippen LogP contribution in [0.25, 0.3) is 5.69 Å². The highest BCUT2D eigenvalue weighted by atomic mass is 16.6. The number of amides is 1. The van der Waals surface area contributed by atoms with Gasteiger partial charge in [-0.05, 0) is 24.1 Å². The molecule has 0 radical (unpaired) electrons. The van der Waals surface area contributed by atoms with Gasteiger partial charge in [-0.15, -0.1) is 0 Å². The Morgan fingerprint density at radius 1 is 1.12 bits per heavy atom. The first-order valence-electron chi connectivity index (χ1n) is 8.21. The molecule has 1 aromatic heterocycles. The molecule has 0 unspecified atom stereocenters. The number of nitrogens with zero attached hydrogens (tertiary/aromatic N) is 3. The van der Waals surface area contributed by atoms with Crippen molar-refractivity contribution in [2.45, 2.75) is 12.8 Å². The molecule has 2 aromatic carbocycles. The molecule has 1 N–H and O–H groups in total. The van der Waals surface area contributed by atoms with Gasteiger partial charge in [-0.2, -0.15) is 5.10 Å². The molecule has 26 heavy (non-hydrogen) atoms. The van der Waals surface area contributed by atoms with Crippen molar-refractivity contribution < 1.29 is 9.72 Å². The van der Waals surface area contributed by atoms with E-state index in [4.69, 9.17) is 0 Å². The monoisotopic (exact) mass is 350 g/mol. The van der Waals surface area contributed by atoms with Gasteiger partial charge in [0.15, 0.2) is 0 Å². The Morgan fingerprint density at radius 3 is 2.62 bits per heavy atom. The maximum absolute atomic E-state index is 12.0. The van der Waals surface area contributed by atoms with Gasteiger partial charge in [-0.25, -0.2) is 4.68 Å². The van der Waals surface area contributed by atoms with Gasteiger partial charge in [0, 0.05) is 24.4 Å². The van der Waals surface area contributed by atoms with Crippen molar-refractivity contribution in [3.05, 3.63) is 88.2 Å². The van der Waals surface area contributed by atoms with Gasteiger partial charge in [0.05, 0.1) is 23.2 Å². The first-order valence-corrected chi connectivity index (χ1v) is 8.21. The summed E-state index contributed by atoms with van der Waals surface area (Å²) < 4.78 is 1.78. The lowest BCUT2D eigenvalue weighted by molar-refractivity contribution is -0.385. The minimum atomic E-state index is -0.472. The van der Waals surface area contributed by atoms with E-state index in [2.05, 4.69) is 10.4 Å². The van der Waals surface area contributed by atoms with Crippen LogP contribution in [0.1, 0.15) is 11.1 Å². The number of carbonyl (C=O) groups is 1. The summed E-state index contributed by atoms with van der Waals surface area (Å²) in [6.07, 6.45) is 4.31. The van der Waals surface area contributed by atoms with Gasteiger partial charge >= 0.3 is 0 Å². The molecule has 0 aliphatic rings.